The van der Waals surface area contributed by atoms with Gasteiger partial charge in [0.2, 0.25) is 11.8 Å². The lowest BCUT2D eigenvalue weighted by atomic mass is 9.87. The summed E-state index contributed by atoms with van der Waals surface area (Å²) >= 11 is 0. The van der Waals surface area contributed by atoms with Crippen LogP contribution in [0.5, 0.6) is 5.75 Å². The summed E-state index contributed by atoms with van der Waals surface area (Å²) in [6.45, 7) is 3.04. The van der Waals surface area contributed by atoms with Crippen molar-refractivity contribution in [2.24, 2.45) is 5.92 Å². The SMILES string of the molecule is COc1ccc(CCNC(=O)[C@H]2CN(C)C[C@H]2c2cccc(CNC(=O)CN(C)C)c2)cc1. The predicted molar refractivity (Wildman–Crippen MR) is 130 cm³/mol. The summed E-state index contributed by atoms with van der Waals surface area (Å²) in [6, 6.07) is 16.2. The molecule has 2 N–H and O–H groups in total. The highest BCUT2D eigenvalue weighted by molar-refractivity contribution is 5.80. The van der Waals surface area contributed by atoms with Crippen molar-refractivity contribution in [2.75, 3.05) is 54.4 Å². The van der Waals surface area contributed by atoms with E-state index in [4.69, 9.17) is 4.74 Å². The second kappa shape index (κ2) is 11.8. The molecule has 1 saturated heterocycles. The van der Waals surface area contributed by atoms with E-state index in [2.05, 4.69) is 34.7 Å². The van der Waals surface area contributed by atoms with E-state index in [-0.39, 0.29) is 23.7 Å². The van der Waals surface area contributed by atoms with E-state index in [9.17, 15) is 9.59 Å². The Morgan fingerprint density at radius 2 is 1.82 bits per heavy atom. The molecule has 0 spiro atoms. The van der Waals surface area contributed by atoms with Gasteiger partial charge in [0.25, 0.3) is 0 Å². The Bertz CT molecular complexity index is 929. The molecule has 1 fully saturated rings. The molecule has 2 aromatic rings. The number of hydrogen-bond donors (Lipinski definition) is 2. The van der Waals surface area contributed by atoms with Crippen LogP contribution >= 0.6 is 0 Å². The summed E-state index contributed by atoms with van der Waals surface area (Å²) in [5, 5.41) is 6.10. The second-order valence-electron chi connectivity index (χ2n) is 9.08. The van der Waals surface area contributed by atoms with Gasteiger partial charge in [0.1, 0.15) is 5.75 Å². The number of carbonyl (C=O) groups is 2. The normalized spacial score (nSPS) is 18.3. The number of rotatable bonds is 10. The molecule has 2 amide bonds. The van der Waals surface area contributed by atoms with Gasteiger partial charge in [0.15, 0.2) is 0 Å². The van der Waals surface area contributed by atoms with Crippen molar-refractivity contribution in [1.82, 2.24) is 20.4 Å². The first kappa shape index (κ1) is 24.7. The molecular formula is C26H36N4O3. The maximum absolute atomic E-state index is 13.0. The number of methoxy groups -OCH3 is 1. The summed E-state index contributed by atoms with van der Waals surface area (Å²) in [7, 11) is 7.46. The van der Waals surface area contributed by atoms with Crippen molar-refractivity contribution >= 4 is 11.8 Å². The lowest BCUT2D eigenvalue weighted by molar-refractivity contribution is -0.125. The van der Waals surface area contributed by atoms with Gasteiger partial charge in [-0.3, -0.25) is 9.59 Å². The number of amides is 2. The molecule has 1 heterocycles. The highest BCUT2D eigenvalue weighted by atomic mass is 16.5. The Morgan fingerprint density at radius 3 is 2.52 bits per heavy atom. The van der Waals surface area contributed by atoms with Gasteiger partial charge in [-0.25, -0.2) is 0 Å². The summed E-state index contributed by atoms with van der Waals surface area (Å²) < 4.78 is 5.20. The average Bonchev–Trinajstić information content (AvgIpc) is 3.20. The summed E-state index contributed by atoms with van der Waals surface area (Å²) in [5.74, 6) is 0.972. The third-order valence-corrected chi connectivity index (χ3v) is 6.04. The molecule has 0 bridgehead atoms. The molecular weight excluding hydrogens is 416 g/mol. The van der Waals surface area contributed by atoms with Crippen molar-refractivity contribution in [1.29, 1.82) is 0 Å². The predicted octanol–water partition coefficient (Wildman–Crippen LogP) is 1.88. The fourth-order valence-electron chi connectivity index (χ4n) is 4.33. The topological polar surface area (TPSA) is 73.9 Å². The van der Waals surface area contributed by atoms with Gasteiger partial charge in [0.05, 0.1) is 19.6 Å². The average molecular weight is 453 g/mol. The zero-order valence-corrected chi connectivity index (χ0v) is 20.1. The fourth-order valence-corrected chi connectivity index (χ4v) is 4.33. The van der Waals surface area contributed by atoms with Crippen LogP contribution in [0.3, 0.4) is 0 Å². The number of hydrogen-bond acceptors (Lipinski definition) is 5. The van der Waals surface area contributed by atoms with E-state index >= 15 is 0 Å². The summed E-state index contributed by atoms with van der Waals surface area (Å²) in [5.41, 5.74) is 3.36. The highest BCUT2D eigenvalue weighted by Gasteiger charge is 2.36. The van der Waals surface area contributed by atoms with Crippen molar-refractivity contribution in [3.8, 4) is 5.75 Å². The Hall–Kier alpha value is -2.90. The molecule has 2 atom stereocenters. The maximum atomic E-state index is 13.0. The number of carbonyl (C=O) groups excluding carboxylic acids is 2. The van der Waals surface area contributed by atoms with Crippen molar-refractivity contribution in [3.63, 3.8) is 0 Å². The molecule has 0 aromatic heterocycles. The van der Waals surface area contributed by atoms with E-state index in [1.54, 1.807) is 7.11 Å². The molecule has 178 valence electrons. The van der Waals surface area contributed by atoms with Crippen LogP contribution in [0, 0.1) is 5.92 Å². The summed E-state index contributed by atoms with van der Waals surface area (Å²) in [6.07, 6.45) is 0.783. The smallest absolute Gasteiger partial charge is 0.234 e. The lowest BCUT2D eigenvalue weighted by Gasteiger charge is -2.19. The molecule has 7 heteroatoms. The number of ether oxygens (including phenoxy) is 1. The van der Waals surface area contributed by atoms with Crippen LogP contribution in [0.4, 0.5) is 0 Å². The minimum absolute atomic E-state index is 0.000108. The van der Waals surface area contributed by atoms with E-state index in [0.717, 1.165) is 36.4 Å². The van der Waals surface area contributed by atoms with Crippen LogP contribution in [0.25, 0.3) is 0 Å². The van der Waals surface area contributed by atoms with Gasteiger partial charge in [-0.05, 0) is 56.4 Å². The van der Waals surface area contributed by atoms with Crippen molar-refractivity contribution < 1.29 is 14.3 Å². The van der Waals surface area contributed by atoms with Gasteiger partial charge in [-0.1, -0.05) is 36.4 Å². The molecule has 2 aromatic carbocycles. The molecule has 0 aliphatic carbocycles. The number of benzene rings is 2. The molecule has 3 rings (SSSR count). The van der Waals surface area contributed by atoms with Gasteiger partial charge in [-0.2, -0.15) is 0 Å². The van der Waals surface area contributed by atoms with Crippen LogP contribution in [0.1, 0.15) is 22.6 Å². The van der Waals surface area contributed by atoms with Crippen molar-refractivity contribution in [2.45, 2.75) is 18.9 Å². The van der Waals surface area contributed by atoms with E-state index in [1.165, 1.54) is 5.56 Å². The second-order valence-corrected chi connectivity index (χ2v) is 9.08. The lowest BCUT2D eigenvalue weighted by Crippen LogP contribution is -2.35. The monoisotopic (exact) mass is 452 g/mol. The van der Waals surface area contributed by atoms with Gasteiger partial charge in [-0.15, -0.1) is 0 Å². The molecule has 7 nitrogen and oxygen atoms in total. The van der Waals surface area contributed by atoms with Crippen LogP contribution in [0.2, 0.25) is 0 Å². The molecule has 0 saturated carbocycles. The van der Waals surface area contributed by atoms with Crippen LogP contribution in [-0.2, 0) is 22.6 Å². The Morgan fingerprint density at radius 1 is 1.06 bits per heavy atom. The highest BCUT2D eigenvalue weighted by Crippen LogP contribution is 2.32. The summed E-state index contributed by atoms with van der Waals surface area (Å²) in [4.78, 5) is 29.1. The Balaban J connectivity index is 1.57. The third-order valence-electron chi connectivity index (χ3n) is 6.04. The first-order valence-corrected chi connectivity index (χ1v) is 11.4. The largest absolute Gasteiger partial charge is 0.497 e. The number of nitrogens with zero attached hydrogens (tertiary/aromatic N) is 2. The Kier molecular flexibility index (Phi) is 8.86. The quantitative estimate of drug-likeness (QED) is 0.576. The van der Waals surface area contributed by atoms with Crippen LogP contribution < -0.4 is 15.4 Å². The standard InChI is InChI=1S/C26H36N4O3/c1-29(2)18-25(31)28-15-20-6-5-7-21(14-20)23-16-30(3)17-24(23)26(32)27-13-12-19-8-10-22(33-4)11-9-19/h5-11,14,23-24H,12-13,15-18H2,1-4H3,(H,27,32)(H,28,31)/t23-,24-/m0/s1. The van der Waals surface area contributed by atoms with Crippen LogP contribution in [0.15, 0.2) is 48.5 Å². The third kappa shape index (κ3) is 7.30. The first-order valence-electron chi connectivity index (χ1n) is 11.4. The molecule has 1 aliphatic rings. The minimum Gasteiger partial charge on any atom is -0.497 e. The van der Waals surface area contributed by atoms with Gasteiger partial charge < -0.3 is 25.2 Å². The first-order chi connectivity index (χ1) is 15.9. The fraction of sp³-hybridized carbons (Fsp3) is 0.462. The van der Waals surface area contributed by atoms with Gasteiger partial charge in [0, 0.05) is 32.1 Å². The maximum Gasteiger partial charge on any atom is 0.234 e. The molecule has 0 unspecified atom stereocenters. The van der Waals surface area contributed by atoms with E-state index in [0.29, 0.717) is 19.6 Å². The van der Waals surface area contributed by atoms with Crippen LogP contribution in [-0.4, -0.2) is 76.0 Å². The molecule has 33 heavy (non-hydrogen) atoms. The van der Waals surface area contributed by atoms with E-state index in [1.807, 2.05) is 55.4 Å². The Labute approximate surface area is 197 Å². The molecule has 1 aliphatic heterocycles. The van der Waals surface area contributed by atoms with Gasteiger partial charge >= 0.3 is 0 Å². The minimum atomic E-state index is -0.0931. The van der Waals surface area contributed by atoms with Crippen molar-refractivity contribution in [3.05, 3.63) is 65.2 Å². The molecule has 0 radical (unpaired) electrons. The van der Waals surface area contributed by atoms with E-state index < -0.39 is 0 Å². The zero-order valence-electron chi connectivity index (χ0n) is 20.1. The number of likely N-dealkylation sites (N-methyl/N-ethyl adjacent to an activating group) is 2. The number of nitrogens with one attached hydrogen (secondary N) is 2. The zero-order chi connectivity index (χ0) is 23.8. The number of likely N-dealkylation sites (tertiary alicyclic amines) is 1.